The third-order valence-electron chi connectivity index (χ3n) is 2.37. The van der Waals surface area contributed by atoms with E-state index in [1.54, 1.807) is 24.5 Å². The van der Waals surface area contributed by atoms with Gasteiger partial charge in [-0.05, 0) is 30.2 Å². The molecule has 2 rings (SSSR count). The second-order valence-corrected chi connectivity index (χ2v) is 3.81. The largest absolute Gasteiger partial charge is 0.508 e. The van der Waals surface area contributed by atoms with Crippen LogP contribution in [0.25, 0.3) is 11.1 Å². The van der Waals surface area contributed by atoms with Crippen molar-refractivity contribution in [1.82, 2.24) is 4.98 Å². The summed E-state index contributed by atoms with van der Waals surface area (Å²) in [5.74, 6) is 1.01. The molecule has 3 heteroatoms. The summed E-state index contributed by atoms with van der Waals surface area (Å²) in [5, 5.41) is 9.43. The monoisotopic (exact) mass is 229 g/mol. The number of aromatic nitrogens is 1. The molecule has 0 aliphatic heterocycles. The molecule has 0 aliphatic rings. The van der Waals surface area contributed by atoms with Gasteiger partial charge in [0.1, 0.15) is 11.5 Å². The van der Waals surface area contributed by atoms with Crippen molar-refractivity contribution in [2.45, 2.75) is 13.3 Å². The van der Waals surface area contributed by atoms with Crippen LogP contribution in [0.1, 0.15) is 13.3 Å². The predicted molar refractivity (Wildman–Crippen MR) is 67.1 cm³/mol. The highest BCUT2D eigenvalue weighted by molar-refractivity contribution is 5.65. The van der Waals surface area contributed by atoms with Gasteiger partial charge < -0.3 is 9.84 Å². The van der Waals surface area contributed by atoms with E-state index >= 15 is 0 Å². The smallest absolute Gasteiger partial charge is 0.138 e. The van der Waals surface area contributed by atoms with Crippen molar-refractivity contribution in [2.24, 2.45) is 0 Å². The molecule has 0 spiro atoms. The van der Waals surface area contributed by atoms with Crippen molar-refractivity contribution in [3.63, 3.8) is 0 Å². The van der Waals surface area contributed by atoms with E-state index in [1.807, 2.05) is 18.2 Å². The first kappa shape index (κ1) is 11.5. The highest BCUT2D eigenvalue weighted by atomic mass is 16.5. The van der Waals surface area contributed by atoms with Gasteiger partial charge >= 0.3 is 0 Å². The molecule has 1 heterocycles. The van der Waals surface area contributed by atoms with Gasteiger partial charge in [0.05, 0.1) is 12.8 Å². The fourth-order valence-electron chi connectivity index (χ4n) is 1.56. The van der Waals surface area contributed by atoms with Crippen LogP contribution >= 0.6 is 0 Å². The first-order chi connectivity index (χ1) is 8.29. The molecule has 0 aliphatic carbocycles. The Balaban J connectivity index is 2.26. The van der Waals surface area contributed by atoms with Gasteiger partial charge in [-0.15, -0.1) is 0 Å². The van der Waals surface area contributed by atoms with Crippen molar-refractivity contribution in [3.05, 3.63) is 42.7 Å². The summed E-state index contributed by atoms with van der Waals surface area (Å²) in [4.78, 5) is 4.14. The molecule has 17 heavy (non-hydrogen) atoms. The number of ether oxygens (including phenoxy) is 1. The van der Waals surface area contributed by atoms with E-state index in [9.17, 15) is 5.11 Å². The summed E-state index contributed by atoms with van der Waals surface area (Å²) in [7, 11) is 0. The Labute approximate surface area is 101 Å². The van der Waals surface area contributed by atoms with Crippen LogP contribution in [0.4, 0.5) is 0 Å². The SMILES string of the molecule is CCCOc1cncc(-c2cccc(O)c2)c1. The van der Waals surface area contributed by atoms with Crippen LogP contribution in [0.15, 0.2) is 42.7 Å². The molecule has 1 aromatic heterocycles. The Morgan fingerprint density at radius 1 is 1.18 bits per heavy atom. The van der Waals surface area contributed by atoms with E-state index in [-0.39, 0.29) is 5.75 Å². The first-order valence-electron chi connectivity index (χ1n) is 5.67. The number of aromatic hydroxyl groups is 1. The zero-order valence-corrected chi connectivity index (χ0v) is 9.76. The number of nitrogens with zero attached hydrogens (tertiary/aromatic N) is 1. The predicted octanol–water partition coefficient (Wildman–Crippen LogP) is 3.24. The number of hydrogen-bond donors (Lipinski definition) is 1. The van der Waals surface area contributed by atoms with Gasteiger partial charge in [-0.2, -0.15) is 0 Å². The van der Waals surface area contributed by atoms with Crippen LogP contribution in [0.3, 0.4) is 0 Å². The summed E-state index contributed by atoms with van der Waals surface area (Å²) < 4.78 is 5.52. The van der Waals surface area contributed by atoms with Gasteiger partial charge in [0.15, 0.2) is 0 Å². The molecule has 88 valence electrons. The van der Waals surface area contributed by atoms with Crippen LogP contribution in [0.5, 0.6) is 11.5 Å². The zero-order valence-electron chi connectivity index (χ0n) is 9.76. The van der Waals surface area contributed by atoms with Gasteiger partial charge in [0, 0.05) is 11.8 Å². The highest BCUT2D eigenvalue weighted by Crippen LogP contribution is 2.25. The Morgan fingerprint density at radius 2 is 2.06 bits per heavy atom. The minimum atomic E-state index is 0.252. The fraction of sp³-hybridized carbons (Fsp3) is 0.214. The maximum absolute atomic E-state index is 9.43. The lowest BCUT2D eigenvalue weighted by Crippen LogP contribution is -1.95. The third-order valence-corrected chi connectivity index (χ3v) is 2.37. The average molecular weight is 229 g/mol. The average Bonchev–Trinajstić information content (AvgIpc) is 2.37. The van der Waals surface area contributed by atoms with Crippen LogP contribution in [-0.2, 0) is 0 Å². The molecule has 1 N–H and O–H groups in total. The summed E-state index contributed by atoms with van der Waals surface area (Å²) in [6, 6.07) is 9.02. The standard InChI is InChI=1S/C14H15NO2/c1-2-6-17-14-8-12(9-15-10-14)11-4-3-5-13(16)7-11/h3-5,7-10,16H,2,6H2,1H3. The van der Waals surface area contributed by atoms with Crippen molar-refractivity contribution < 1.29 is 9.84 Å². The summed E-state index contributed by atoms with van der Waals surface area (Å²) in [6.45, 7) is 2.75. The van der Waals surface area contributed by atoms with E-state index in [0.717, 1.165) is 23.3 Å². The lowest BCUT2D eigenvalue weighted by Gasteiger charge is -2.06. The molecular weight excluding hydrogens is 214 g/mol. The van der Waals surface area contributed by atoms with Gasteiger partial charge in [-0.3, -0.25) is 4.98 Å². The summed E-state index contributed by atoms with van der Waals surface area (Å²) >= 11 is 0. The maximum Gasteiger partial charge on any atom is 0.138 e. The molecule has 0 saturated heterocycles. The molecule has 0 fully saturated rings. The topological polar surface area (TPSA) is 42.4 Å². The third kappa shape index (κ3) is 2.97. The van der Waals surface area contributed by atoms with Crippen LogP contribution in [0.2, 0.25) is 0 Å². The molecular formula is C14H15NO2. The molecule has 0 atom stereocenters. The fourth-order valence-corrected chi connectivity index (χ4v) is 1.56. The molecule has 0 radical (unpaired) electrons. The van der Waals surface area contributed by atoms with Crippen molar-refractivity contribution >= 4 is 0 Å². The van der Waals surface area contributed by atoms with Crippen LogP contribution in [0, 0.1) is 0 Å². The number of phenols is 1. The van der Waals surface area contributed by atoms with Gasteiger partial charge in [0.25, 0.3) is 0 Å². The molecule has 1 aromatic carbocycles. The number of hydrogen-bond acceptors (Lipinski definition) is 3. The van der Waals surface area contributed by atoms with E-state index in [4.69, 9.17) is 4.74 Å². The van der Waals surface area contributed by atoms with Crippen molar-refractivity contribution in [3.8, 4) is 22.6 Å². The van der Waals surface area contributed by atoms with E-state index in [1.165, 1.54) is 0 Å². The Hall–Kier alpha value is -2.03. The minimum Gasteiger partial charge on any atom is -0.508 e. The lowest BCUT2D eigenvalue weighted by molar-refractivity contribution is 0.316. The molecule has 0 bridgehead atoms. The Morgan fingerprint density at radius 3 is 2.82 bits per heavy atom. The van der Waals surface area contributed by atoms with Crippen LogP contribution < -0.4 is 4.74 Å². The Bertz CT molecular complexity index is 497. The molecule has 3 nitrogen and oxygen atoms in total. The quantitative estimate of drug-likeness (QED) is 0.875. The summed E-state index contributed by atoms with van der Waals surface area (Å²) in [6.07, 6.45) is 4.42. The normalized spacial score (nSPS) is 10.2. The van der Waals surface area contributed by atoms with Crippen molar-refractivity contribution in [2.75, 3.05) is 6.61 Å². The van der Waals surface area contributed by atoms with Gasteiger partial charge in [-0.25, -0.2) is 0 Å². The number of rotatable bonds is 4. The van der Waals surface area contributed by atoms with Gasteiger partial charge in [0.2, 0.25) is 0 Å². The minimum absolute atomic E-state index is 0.252. The number of pyridine rings is 1. The highest BCUT2D eigenvalue weighted by Gasteiger charge is 2.01. The maximum atomic E-state index is 9.43. The van der Waals surface area contributed by atoms with Crippen LogP contribution in [-0.4, -0.2) is 16.7 Å². The molecule has 0 saturated carbocycles. The zero-order chi connectivity index (χ0) is 12.1. The number of phenolic OH excluding ortho intramolecular Hbond substituents is 1. The van der Waals surface area contributed by atoms with E-state index < -0.39 is 0 Å². The summed E-state index contributed by atoms with van der Waals surface area (Å²) in [5.41, 5.74) is 1.87. The van der Waals surface area contributed by atoms with Gasteiger partial charge in [-0.1, -0.05) is 19.1 Å². The first-order valence-corrected chi connectivity index (χ1v) is 5.67. The molecule has 0 amide bonds. The molecule has 0 unspecified atom stereocenters. The lowest BCUT2D eigenvalue weighted by atomic mass is 10.1. The number of benzene rings is 1. The van der Waals surface area contributed by atoms with E-state index in [2.05, 4.69) is 11.9 Å². The Kier molecular flexibility index (Phi) is 3.60. The second kappa shape index (κ2) is 5.34. The second-order valence-electron chi connectivity index (χ2n) is 3.81. The molecule has 2 aromatic rings. The van der Waals surface area contributed by atoms with E-state index in [0.29, 0.717) is 6.61 Å². The van der Waals surface area contributed by atoms with Crippen molar-refractivity contribution in [1.29, 1.82) is 0 Å².